The van der Waals surface area contributed by atoms with E-state index in [2.05, 4.69) is 54.0 Å². The average molecular weight is 509 g/mol. The maximum atomic E-state index is 14.0. The fourth-order valence-electron chi connectivity index (χ4n) is 5.00. The predicted octanol–water partition coefficient (Wildman–Crippen LogP) is 4.16. The minimum Gasteiger partial charge on any atom is -0.479 e. The normalized spacial score (nSPS) is 20.2. The maximum absolute atomic E-state index is 14.0. The lowest BCUT2D eigenvalue weighted by Crippen LogP contribution is -2.68. The van der Waals surface area contributed by atoms with Crippen molar-refractivity contribution in [2.45, 2.75) is 25.0 Å². The molecule has 33 heavy (non-hydrogen) atoms. The van der Waals surface area contributed by atoms with Crippen LogP contribution in [-0.4, -0.2) is 56.8 Å². The van der Waals surface area contributed by atoms with Crippen LogP contribution in [0.4, 0.5) is 10.2 Å². The lowest BCUT2D eigenvalue weighted by Gasteiger charge is -2.56. The molecule has 168 valence electrons. The molecular formula is C24H22BrFN6O. The summed E-state index contributed by atoms with van der Waals surface area (Å²) in [5.41, 5.74) is 4.07. The number of ether oxygens (including phenoxy) is 1. The molecule has 7 rings (SSSR count). The van der Waals surface area contributed by atoms with E-state index in [-0.39, 0.29) is 5.88 Å². The second-order valence-electron chi connectivity index (χ2n) is 8.59. The Morgan fingerprint density at radius 3 is 2.70 bits per heavy atom. The number of pyridine rings is 3. The van der Waals surface area contributed by atoms with Crippen LogP contribution in [0.25, 0.3) is 16.6 Å². The zero-order valence-corrected chi connectivity index (χ0v) is 19.6. The Balaban J connectivity index is 1.16. The summed E-state index contributed by atoms with van der Waals surface area (Å²) in [4.78, 5) is 13.6. The van der Waals surface area contributed by atoms with Gasteiger partial charge in [0.2, 0.25) is 5.88 Å². The van der Waals surface area contributed by atoms with Crippen molar-refractivity contribution in [1.82, 2.24) is 24.5 Å². The molecular weight excluding hydrogens is 487 g/mol. The molecule has 0 amide bonds. The SMILES string of the molecule is COc1ncc(CN2C3CC2CN(c2ccc(-c4cc(Br)cn5nccc45)cn2)C3)cc1F. The molecule has 2 atom stereocenters. The second kappa shape index (κ2) is 8.07. The Hall–Kier alpha value is -3.04. The van der Waals surface area contributed by atoms with Crippen molar-refractivity contribution >= 4 is 27.3 Å². The van der Waals surface area contributed by atoms with Crippen LogP contribution in [0.5, 0.6) is 5.88 Å². The van der Waals surface area contributed by atoms with Gasteiger partial charge in [0.15, 0.2) is 5.82 Å². The van der Waals surface area contributed by atoms with E-state index in [1.54, 1.807) is 12.4 Å². The zero-order valence-electron chi connectivity index (χ0n) is 18.0. The van der Waals surface area contributed by atoms with Gasteiger partial charge < -0.3 is 9.64 Å². The first-order valence-corrected chi connectivity index (χ1v) is 11.7. The summed E-state index contributed by atoms with van der Waals surface area (Å²) in [5, 5.41) is 4.34. The highest BCUT2D eigenvalue weighted by Gasteiger charge is 2.44. The van der Waals surface area contributed by atoms with E-state index >= 15 is 0 Å². The molecule has 4 aromatic rings. The summed E-state index contributed by atoms with van der Waals surface area (Å²) in [6.07, 6.45) is 8.55. The quantitative estimate of drug-likeness (QED) is 0.403. The van der Waals surface area contributed by atoms with Crippen LogP contribution in [0, 0.1) is 5.82 Å². The Labute approximate surface area is 199 Å². The summed E-state index contributed by atoms with van der Waals surface area (Å²) in [6, 6.07) is 10.7. The molecule has 3 aliphatic heterocycles. The molecule has 3 fully saturated rings. The zero-order chi connectivity index (χ0) is 22.5. The van der Waals surface area contributed by atoms with Crippen LogP contribution in [0.1, 0.15) is 12.0 Å². The van der Waals surface area contributed by atoms with Gasteiger partial charge in [-0.1, -0.05) is 0 Å². The van der Waals surface area contributed by atoms with Crippen LogP contribution < -0.4 is 9.64 Å². The first kappa shape index (κ1) is 20.6. The lowest BCUT2D eigenvalue weighted by molar-refractivity contribution is -0.00884. The number of halogens is 2. The largest absolute Gasteiger partial charge is 0.479 e. The molecule has 3 aliphatic rings. The Kier molecular flexibility index (Phi) is 5.03. The molecule has 3 saturated heterocycles. The predicted molar refractivity (Wildman–Crippen MR) is 127 cm³/mol. The number of methoxy groups -OCH3 is 1. The molecule has 0 N–H and O–H groups in total. The maximum Gasteiger partial charge on any atom is 0.250 e. The van der Waals surface area contributed by atoms with Gasteiger partial charge in [-0.05, 0) is 58.2 Å². The van der Waals surface area contributed by atoms with Crippen molar-refractivity contribution < 1.29 is 9.13 Å². The number of hydrogen-bond donors (Lipinski definition) is 0. The number of piperidine rings is 1. The van der Waals surface area contributed by atoms with Gasteiger partial charge in [0, 0.05) is 65.9 Å². The minimum atomic E-state index is -0.412. The second-order valence-corrected chi connectivity index (χ2v) is 9.51. The molecule has 9 heteroatoms. The van der Waals surface area contributed by atoms with Crippen molar-refractivity contribution in [3.63, 3.8) is 0 Å². The van der Waals surface area contributed by atoms with Crippen molar-refractivity contribution in [1.29, 1.82) is 0 Å². The van der Waals surface area contributed by atoms with Crippen LogP contribution in [0.15, 0.2) is 59.6 Å². The van der Waals surface area contributed by atoms with Crippen LogP contribution in [0.2, 0.25) is 0 Å². The van der Waals surface area contributed by atoms with Gasteiger partial charge in [0.1, 0.15) is 5.82 Å². The number of rotatable bonds is 5. The third-order valence-electron chi connectivity index (χ3n) is 6.62. The number of piperazine rings is 1. The van der Waals surface area contributed by atoms with Gasteiger partial charge in [-0.3, -0.25) is 4.90 Å². The molecule has 0 radical (unpaired) electrons. The van der Waals surface area contributed by atoms with Crippen molar-refractivity contribution in [3.05, 3.63) is 71.0 Å². The molecule has 0 spiro atoms. The first-order valence-electron chi connectivity index (χ1n) is 10.9. The number of anilines is 1. The fraction of sp³-hybridized carbons (Fsp3) is 0.292. The highest BCUT2D eigenvalue weighted by Crippen LogP contribution is 2.36. The number of nitrogens with zero attached hydrogens (tertiary/aromatic N) is 6. The highest BCUT2D eigenvalue weighted by atomic mass is 79.9. The van der Waals surface area contributed by atoms with E-state index in [0.29, 0.717) is 18.6 Å². The van der Waals surface area contributed by atoms with Gasteiger partial charge in [-0.25, -0.2) is 18.9 Å². The molecule has 4 aromatic heterocycles. The third kappa shape index (κ3) is 3.65. The van der Waals surface area contributed by atoms with Crippen molar-refractivity contribution in [2.24, 2.45) is 0 Å². The van der Waals surface area contributed by atoms with E-state index in [4.69, 9.17) is 9.72 Å². The van der Waals surface area contributed by atoms with E-state index in [1.165, 1.54) is 13.2 Å². The Morgan fingerprint density at radius 2 is 1.97 bits per heavy atom. The number of hydrogen-bond acceptors (Lipinski definition) is 6. The third-order valence-corrected chi connectivity index (χ3v) is 7.06. The molecule has 2 bridgehead atoms. The molecule has 7 nitrogen and oxygen atoms in total. The van der Waals surface area contributed by atoms with Gasteiger partial charge in [-0.2, -0.15) is 5.10 Å². The van der Waals surface area contributed by atoms with Crippen LogP contribution in [0.3, 0.4) is 0 Å². The fourth-order valence-corrected chi connectivity index (χ4v) is 5.43. The summed E-state index contributed by atoms with van der Waals surface area (Å²) in [6.45, 7) is 2.53. The van der Waals surface area contributed by atoms with Gasteiger partial charge in [0.05, 0.1) is 18.8 Å². The van der Waals surface area contributed by atoms with Crippen molar-refractivity contribution in [2.75, 3.05) is 25.1 Å². The first-order chi connectivity index (χ1) is 16.1. The van der Waals surface area contributed by atoms with Crippen molar-refractivity contribution in [3.8, 4) is 17.0 Å². The Morgan fingerprint density at radius 1 is 1.12 bits per heavy atom. The molecule has 2 unspecified atom stereocenters. The average Bonchev–Trinajstić information content (AvgIpc) is 3.31. The monoisotopic (exact) mass is 508 g/mol. The summed E-state index contributed by atoms with van der Waals surface area (Å²) in [5.74, 6) is 0.620. The minimum absolute atomic E-state index is 0.0417. The molecule has 0 aromatic carbocycles. The molecule has 0 aliphatic carbocycles. The standard InChI is InChI=1S/C24H22BrFN6O/c1-33-24-21(26)6-15(9-28-24)11-31-18-8-19(31)14-30(13-18)23-3-2-16(10-27-23)20-7-17(25)12-32-22(20)4-5-29-32/h2-7,9-10,12,18-19H,8,11,13-14H2,1H3. The topological polar surface area (TPSA) is 58.8 Å². The van der Waals surface area contributed by atoms with E-state index in [0.717, 1.165) is 52.0 Å². The van der Waals surface area contributed by atoms with Crippen LogP contribution in [-0.2, 0) is 6.54 Å². The van der Waals surface area contributed by atoms with Gasteiger partial charge in [-0.15, -0.1) is 0 Å². The Bertz CT molecular complexity index is 1310. The highest BCUT2D eigenvalue weighted by molar-refractivity contribution is 9.10. The van der Waals surface area contributed by atoms with Gasteiger partial charge >= 0.3 is 0 Å². The smallest absolute Gasteiger partial charge is 0.250 e. The summed E-state index contributed by atoms with van der Waals surface area (Å²) >= 11 is 3.57. The lowest BCUT2D eigenvalue weighted by atomic mass is 9.87. The number of fused-ring (bicyclic) bond motifs is 3. The molecule has 7 heterocycles. The van der Waals surface area contributed by atoms with Crippen LogP contribution >= 0.6 is 15.9 Å². The molecule has 0 saturated carbocycles. The van der Waals surface area contributed by atoms with E-state index in [1.807, 2.05) is 23.0 Å². The number of aromatic nitrogens is 4. The van der Waals surface area contributed by atoms with Gasteiger partial charge in [0.25, 0.3) is 0 Å². The van der Waals surface area contributed by atoms with E-state index in [9.17, 15) is 4.39 Å². The summed E-state index contributed by atoms with van der Waals surface area (Å²) in [7, 11) is 1.43. The summed E-state index contributed by atoms with van der Waals surface area (Å²) < 4.78 is 21.8. The van der Waals surface area contributed by atoms with E-state index < -0.39 is 5.82 Å².